The molecule has 2 amide bonds. The first kappa shape index (κ1) is 16.6. The molecular formula is C18H17N5O2. The highest BCUT2D eigenvalue weighted by Gasteiger charge is 2.21. The van der Waals surface area contributed by atoms with Gasteiger partial charge in [0.25, 0.3) is 11.8 Å². The summed E-state index contributed by atoms with van der Waals surface area (Å²) in [5.74, 6) is 0.268. The van der Waals surface area contributed by atoms with Crippen molar-refractivity contribution in [2.24, 2.45) is 5.92 Å². The van der Waals surface area contributed by atoms with Crippen molar-refractivity contribution >= 4 is 11.8 Å². The second-order valence-electron chi connectivity index (χ2n) is 5.94. The Morgan fingerprint density at radius 2 is 1.68 bits per heavy atom. The van der Waals surface area contributed by atoms with Crippen molar-refractivity contribution in [1.82, 2.24) is 20.6 Å². The Hall–Kier alpha value is -3.27. The fraction of sp³-hybridized carbons (Fsp3) is 0.278. The molecule has 126 valence electrons. The minimum absolute atomic E-state index is 0.0205. The number of carbonyl (C=O) groups excluding carboxylic acids is 2. The van der Waals surface area contributed by atoms with Crippen molar-refractivity contribution in [1.29, 1.82) is 5.26 Å². The molecule has 1 aliphatic carbocycles. The summed E-state index contributed by atoms with van der Waals surface area (Å²) in [6, 6.07) is 8.90. The van der Waals surface area contributed by atoms with E-state index in [1.165, 1.54) is 25.2 Å². The molecule has 0 aliphatic heterocycles. The number of rotatable bonds is 6. The van der Waals surface area contributed by atoms with Gasteiger partial charge in [-0.1, -0.05) is 12.1 Å². The summed E-state index contributed by atoms with van der Waals surface area (Å²) in [4.78, 5) is 31.5. The van der Waals surface area contributed by atoms with Crippen LogP contribution < -0.4 is 10.6 Å². The number of nitrogens with zero attached hydrogens (tertiary/aromatic N) is 3. The summed E-state index contributed by atoms with van der Waals surface area (Å²) < 4.78 is 0. The molecule has 0 unspecified atom stereocenters. The van der Waals surface area contributed by atoms with E-state index >= 15 is 0 Å². The van der Waals surface area contributed by atoms with Gasteiger partial charge in [-0.25, -0.2) is 9.97 Å². The van der Waals surface area contributed by atoms with Crippen LogP contribution in [0.15, 0.2) is 36.7 Å². The number of nitrogens with one attached hydrogen (secondary N) is 2. The van der Waals surface area contributed by atoms with Crippen molar-refractivity contribution in [3.05, 3.63) is 59.2 Å². The van der Waals surface area contributed by atoms with Gasteiger partial charge in [0, 0.05) is 31.0 Å². The van der Waals surface area contributed by atoms with Gasteiger partial charge in [-0.3, -0.25) is 9.59 Å². The van der Waals surface area contributed by atoms with Gasteiger partial charge in [-0.2, -0.15) is 5.26 Å². The molecule has 1 aromatic carbocycles. The lowest BCUT2D eigenvalue weighted by molar-refractivity contribution is 0.0941. The molecular weight excluding hydrogens is 318 g/mol. The van der Waals surface area contributed by atoms with Gasteiger partial charge in [0.1, 0.15) is 6.07 Å². The third kappa shape index (κ3) is 4.61. The highest BCUT2D eigenvalue weighted by Crippen LogP contribution is 2.27. The Morgan fingerprint density at radius 1 is 1.04 bits per heavy atom. The van der Waals surface area contributed by atoms with E-state index in [2.05, 4.69) is 20.6 Å². The van der Waals surface area contributed by atoms with Gasteiger partial charge in [0.2, 0.25) is 5.82 Å². The standard InChI is InChI=1S/C18H17N5O2/c19-7-16-20-10-15(11-21-16)18(25)23-9-13-3-5-14(6-4-13)17(24)22-8-12-1-2-12/h3-6,10-12H,1-2,8-9H2,(H,22,24)(H,23,25). The van der Waals surface area contributed by atoms with Crippen molar-refractivity contribution in [3.8, 4) is 6.07 Å². The summed E-state index contributed by atoms with van der Waals surface area (Å²) in [5, 5.41) is 14.3. The minimum atomic E-state index is -0.323. The molecule has 1 saturated carbocycles. The molecule has 0 saturated heterocycles. The number of benzene rings is 1. The zero-order chi connectivity index (χ0) is 17.6. The van der Waals surface area contributed by atoms with Gasteiger partial charge in [-0.15, -0.1) is 0 Å². The maximum Gasteiger partial charge on any atom is 0.254 e. The van der Waals surface area contributed by atoms with Gasteiger partial charge < -0.3 is 10.6 Å². The quantitative estimate of drug-likeness (QED) is 0.830. The molecule has 2 N–H and O–H groups in total. The first-order valence-electron chi connectivity index (χ1n) is 8.03. The van der Waals surface area contributed by atoms with Crippen LogP contribution in [0.4, 0.5) is 0 Å². The smallest absolute Gasteiger partial charge is 0.254 e. The molecule has 7 heteroatoms. The van der Waals surface area contributed by atoms with Gasteiger partial charge in [0.05, 0.1) is 5.56 Å². The van der Waals surface area contributed by atoms with E-state index in [1.807, 2.05) is 12.1 Å². The SMILES string of the molecule is N#Cc1ncc(C(=O)NCc2ccc(C(=O)NCC3CC3)cc2)cn1. The minimum Gasteiger partial charge on any atom is -0.352 e. The average Bonchev–Trinajstić information content (AvgIpc) is 3.49. The van der Waals surface area contributed by atoms with Crippen molar-refractivity contribution in [3.63, 3.8) is 0 Å². The van der Waals surface area contributed by atoms with Gasteiger partial charge in [0.15, 0.2) is 0 Å². The number of hydrogen-bond acceptors (Lipinski definition) is 5. The predicted octanol–water partition coefficient (Wildman–Crippen LogP) is 1.42. The highest BCUT2D eigenvalue weighted by atomic mass is 16.2. The van der Waals surface area contributed by atoms with Crippen LogP contribution >= 0.6 is 0 Å². The lowest BCUT2D eigenvalue weighted by Gasteiger charge is -2.07. The molecule has 0 atom stereocenters. The van der Waals surface area contributed by atoms with E-state index in [0.717, 1.165) is 12.1 Å². The third-order valence-electron chi connectivity index (χ3n) is 3.93. The number of carbonyl (C=O) groups is 2. The maximum absolute atomic E-state index is 12.0. The van der Waals surface area contributed by atoms with Crippen molar-refractivity contribution in [2.45, 2.75) is 19.4 Å². The van der Waals surface area contributed by atoms with Gasteiger partial charge in [-0.05, 0) is 36.5 Å². The molecule has 1 aromatic heterocycles. The number of amides is 2. The summed E-state index contributed by atoms with van der Waals surface area (Å²) in [7, 11) is 0. The number of aromatic nitrogens is 2. The van der Waals surface area contributed by atoms with E-state index in [-0.39, 0.29) is 23.2 Å². The molecule has 3 rings (SSSR count). The molecule has 1 heterocycles. The number of hydrogen-bond donors (Lipinski definition) is 2. The van der Waals surface area contributed by atoms with Gasteiger partial charge >= 0.3 is 0 Å². The zero-order valence-corrected chi connectivity index (χ0v) is 13.5. The fourth-order valence-corrected chi connectivity index (χ4v) is 2.22. The van der Waals surface area contributed by atoms with Crippen LogP contribution in [0.2, 0.25) is 0 Å². The molecule has 2 aromatic rings. The van der Waals surface area contributed by atoms with E-state index in [1.54, 1.807) is 18.2 Å². The Kier molecular flexibility index (Phi) is 5.00. The Bertz CT molecular complexity index is 805. The Balaban J connectivity index is 1.51. The molecule has 0 bridgehead atoms. The van der Waals surface area contributed by atoms with Crippen LogP contribution in [0, 0.1) is 17.2 Å². The maximum atomic E-state index is 12.0. The molecule has 0 spiro atoms. The third-order valence-corrected chi connectivity index (χ3v) is 3.93. The predicted molar refractivity (Wildman–Crippen MR) is 89.4 cm³/mol. The summed E-state index contributed by atoms with van der Waals surface area (Å²) in [6.45, 7) is 1.06. The summed E-state index contributed by atoms with van der Waals surface area (Å²) in [6.07, 6.45) is 5.02. The molecule has 1 aliphatic rings. The number of nitriles is 1. The van der Waals surface area contributed by atoms with Crippen LogP contribution in [0.5, 0.6) is 0 Å². The Morgan fingerprint density at radius 3 is 2.28 bits per heavy atom. The average molecular weight is 335 g/mol. The van der Waals surface area contributed by atoms with Crippen molar-refractivity contribution in [2.75, 3.05) is 6.54 Å². The molecule has 0 radical (unpaired) electrons. The largest absolute Gasteiger partial charge is 0.352 e. The van der Waals surface area contributed by atoms with Crippen molar-refractivity contribution < 1.29 is 9.59 Å². The van der Waals surface area contributed by atoms with E-state index in [4.69, 9.17) is 5.26 Å². The highest BCUT2D eigenvalue weighted by molar-refractivity contribution is 5.94. The fourth-order valence-electron chi connectivity index (χ4n) is 2.22. The lowest BCUT2D eigenvalue weighted by atomic mass is 10.1. The van der Waals surface area contributed by atoms with Crippen LogP contribution in [0.3, 0.4) is 0 Å². The van der Waals surface area contributed by atoms with Crippen LogP contribution in [0.25, 0.3) is 0 Å². The monoisotopic (exact) mass is 335 g/mol. The second-order valence-corrected chi connectivity index (χ2v) is 5.94. The molecule has 7 nitrogen and oxygen atoms in total. The van der Waals surface area contributed by atoms with E-state index in [9.17, 15) is 9.59 Å². The Labute approximate surface area is 145 Å². The van der Waals surface area contributed by atoms with E-state index in [0.29, 0.717) is 18.0 Å². The molecule has 25 heavy (non-hydrogen) atoms. The van der Waals surface area contributed by atoms with Crippen LogP contribution in [-0.2, 0) is 6.54 Å². The molecule has 1 fully saturated rings. The summed E-state index contributed by atoms with van der Waals surface area (Å²) in [5.41, 5.74) is 1.77. The topological polar surface area (TPSA) is 108 Å². The first-order valence-corrected chi connectivity index (χ1v) is 8.03. The normalized spacial score (nSPS) is 12.9. The van der Waals surface area contributed by atoms with E-state index < -0.39 is 0 Å². The first-order chi connectivity index (χ1) is 12.2. The van der Waals surface area contributed by atoms with Crippen LogP contribution in [0.1, 0.15) is 44.9 Å². The zero-order valence-electron chi connectivity index (χ0n) is 13.5. The lowest BCUT2D eigenvalue weighted by Crippen LogP contribution is -2.25. The second kappa shape index (κ2) is 7.53. The van der Waals surface area contributed by atoms with Crippen LogP contribution in [-0.4, -0.2) is 28.3 Å². The summed E-state index contributed by atoms with van der Waals surface area (Å²) >= 11 is 0.